The third-order valence-electron chi connectivity index (χ3n) is 6.70. The van der Waals surface area contributed by atoms with Crippen LogP contribution in [0.2, 0.25) is 0 Å². The summed E-state index contributed by atoms with van der Waals surface area (Å²) in [4.78, 5) is 20.3. The van der Waals surface area contributed by atoms with Crippen LogP contribution in [0.15, 0.2) is 66.3 Å². The number of ether oxygens (including phenoxy) is 1. The molecule has 1 fully saturated rings. The first-order valence-electron chi connectivity index (χ1n) is 12.8. The number of anilines is 2. The maximum atomic E-state index is 13.3. The van der Waals surface area contributed by atoms with Gasteiger partial charge < -0.3 is 15.0 Å². The third kappa shape index (κ3) is 5.80. The number of hydrogen-bond donors (Lipinski definition) is 1. The number of rotatable bonds is 8. The zero-order chi connectivity index (χ0) is 25.6. The van der Waals surface area contributed by atoms with Gasteiger partial charge in [-0.1, -0.05) is 31.5 Å². The number of para-hydroxylation sites is 1. The SMILES string of the molecule is CCC[C@@H]1CCCN(c2c(NC(=O)c3csc(-c4ccnnc4)n3)ccc(Oc3ccccc3)c2C)C1. The molecule has 2 aromatic heterocycles. The summed E-state index contributed by atoms with van der Waals surface area (Å²) in [6.45, 7) is 6.25. The van der Waals surface area contributed by atoms with Gasteiger partial charge in [0.25, 0.3) is 5.91 Å². The summed E-state index contributed by atoms with van der Waals surface area (Å²) in [5.74, 6) is 1.99. The van der Waals surface area contributed by atoms with Gasteiger partial charge in [-0.05, 0) is 62.4 Å². The Morgan fingerprint density at radius 1 is 1.16 bits per heavy atom. The standard InChI is InChI=1S/C29H31N5O2S/c1-3-8-21-9-7-16-34(18-21)27-20(2)26(36-23-10-5-4-6-11-23)13-12-24(27)32-28(35)25-19-37-29(33-25)22-14-15-30-31-17-22/h4-6,10-15,17,19,21H,3,7-9,16,18H2,1-2H3,(H,32,35)/t21-/m1/s1. The van der Waals surface area contributed by atoms with E-state index in [2.05, 4.69) is 39.2 Å². The average molecular weight is 514 g/mol. The van der Waals surface area contributed by atoms with Crippen molar-refractivity contribution in [3.63, 3.8) is 0 Å². The van der Waals surface area contributed by atoms with Crippen LogP contribution in [-0.4, -0.2) is 34.2 Å². The molecule has 0 unspecified atom stereocenters. The van der Waals surface area contributed by atoms with E-state index >= 15 is 0 Å². The number of thiazole rings is 1. The Balaban J connectivity index is 1.45. The molecule has 1 aliphatic heterocycles. The quantitative estimate of drug-likeness (QED) is 0.274. The van der Waals surface area contributed by atoms with Crippen molar-refractivity contribution in [2.24, 2.45) is 5.92 Å². The molecule has 7 nitrogen and oxygen atoms in total. The van der Waals surface area contributed by atoms with E-state index in [1.807, 2.05) is 48.5 Å². The number of nitrogens with one attached hydrogen (secondary N) is 1. The molecule has 1 N–H and O–H groups in total. The summed E-state index contributed by atoms with van der Waals surface area (Å²) in [7, 11) is 0. The number of carbonyl (C=O) groups excluding carboxylic acids is 1. The van der Waals surface area contributed by atoms with Crippen molar-refractivity contribution < 1.29 is 9.53 Å². The molecule has 1 amide bonds. The lowest BCUT2D eigenvalue weighted by Gasteiger charge is -2.36. The smallest absolute Gasteiger partial charge is 0.275 e. The normalized spacial score (nSPS) is 15.4. The number of carbonyl (C=O) groups is 1. The fourth-order valence-corrected chi connectivity index (χ4v) is 5.73. The van der Waals surface area contributed by atoms with Crippen LogP contribution in [-0.2, 0) is 0 Å². The Labute approximate surface area is 221 Å². The highest BCUT2D eigenvalue weighted by atomic mass is 32.1. The van der Waals surface area contributed by atoms with E-state index in [1.54, 1.807) is 17.8 Å². The first-order chi connectivity index (χ1) is 18.1. The van der Waals surface area contributed by atoms with Gasteiger partial charge in [0.15, 0.2) is 0 Å². The third-order valence-corrected chi connectivity index (χ3v) is 7.59. The van der Waals surface area contributed by atoms with Crippen molar-refractivity contribution in [1.82, 2.24) is 15.2 Å². The predicted octanol–water partition coefficient (Wildman–Crippen LogP) is 6.97. The molecule has 3 heterocycles. The molecule has 0 saturated carbocycles. The minimum Gasteiger partial charge on any atom is -0.457 e. The number of piperidine rings is 1. The van der Waals surface area contributed by atoms with E-state index in [-0.39, 0.29) is 5.91 Å². The molecule has 5 rings (SSSR count). The number of amides is 1. The second kappa shape index (κ2) is 11.5. The summed E-state index contributed by atoms with van der Waals surface area (Å²) in [5, 5.41) is 13.4. The van der Waals surface area contributed by atoms with Crippen molar-refractivity contribution in [1.29, 1.82) is 0 Å². The number of nitrogens with zero attached hydrogens (tertiary/aromatic N) is 4. The van der Waals surface area contributed by atoms with Crippen LogP contribution in [0.5, 0.6) is 11.5 Å². The molecule has 4 aromatic rings. The molecule has 0 radical (unpaired) electrons. The maximum Gasteiger partial charge on any atom is 0.275 e. The van der Waals surface area contributed by atoms with Crippen LogP contribution >= 0.6 is 11.3 Å². The Morgan fingerprint density at radius 3 is 2.81 bits per heavy atom. The van der Waals surface area contributed by atoms with Gasteiger partial charge in [0.2, 0.25) is 0 Å². The second-order valence-electron chi connectivity index (χ2n) is 9.37. The van der Waals surface area contributed by atoms with E-state index in [9.17, 15) is 4.79 Å². The average Bonchev–Trinajstić information content (AvgIpc) is 3.43. The van der Waals surface area contributed by atoms with Gasteiger partial charge in [-0.3, -0.25) is 4.79 Å². The van der Waals surface area contributed by atoms with Crippen LogP contribution in [0, 0.1) is 12.8 Å². The molecular formula is C29H31N5O2S. The van der Waals surface area contributed by atoms with Crippen molar-refractivity contribution in [3.8, 4) is 22.1 Å². The Bertz CT molecular complexity index is 1340. The van der Waals surface area contributed by atoms with Crippen LogP contribution in [0.25, 0.3) is 10.6 Å². The van der Waals surface area contributed by atoms with Crippen LogP contribution in [0.4, 0.5) is 11.4 Å². The summed E-state index contributed by atoms with van der Waals surface area (Å²) in [5.41, 5.74) is 4.04. The Hall–Kier alpha value is -3.78. The highest BCUT2D eigenvalue weighted by molar-refractivity contribution is 7.13. The zero-order valence-electron chi connectivity index (χ0n) is 21.2. The Kier molecular flexibility index (Phi) is 7.75. The molecule has 0 spiro atoms. The molecule has 1 saturated heterocycles. The summed E-state index contributed by atoms with van der Waals surface area (Å²) in [6.07, 6.45) is 8.04. The molecular weight excluding hydrogens is 482 g/mol. The number of benzene rings is 2. The van der Waals surface area contributed by atoms with Crippen LogP contribution in [0.3, 0.4) is 0 Å². The fraction of sp³-hybridized carbons (Fsp3) is 0.310. The summed E-state index contributed by atoms with van der Waals surface area (Å²) < 4.78 is 6.25. The summed E-state index contributed by atoms with van der Waals surface area (Å²) >= 11 is 1.42. The van der Waals surface area contributed by atoms with Crippen molar-refractivity contribution in [3.05, 3.63) is 77.6 Å². The monoisotopic (exact) mass is 513 g/mol. The molecule has 1 aliphatic rings. The molecule has 8 heteroatoms. The minimum absolute atomic E-state index is 0.232. The first-order valence-corrected chi connectivity index (χ1v) is 13.7. The number of aromatic nitrogens is 3. The number of hydrogen-bond acceptors (Lipinski definition) is 7. The van der Waals surface area contributed by atoms with Gasteiger partial charge in [0.1, 0.15) is 22.2 Å². The van der Waals surface area contributed by atoms with Gasteiger partial charge >= 0.3 is 0 Å². The van der Waals surface area contributed by atoms with E-state index in [4.69, 9.17) is 4.74 Å². The van der Waals surface area contributed by atoms with Crippen LogP contribution < -0.4 is 15.0 Å². The molecule has 0 aliphatic carbocycles. The molecule has 190 valence electrons. The molecule has 2 aromatic carbocycles. The van der Waals surface area contributed by atoms with Crippen LogP contribution in [0.1, 0.15) is 48.7 Å². The lowest BCUT2D eigenvalue weighted by Crippen LogP contribution is -2.36. The lowest BCUT2D eigenvalue weighted by atomic mass is 9.92. The van der Waals surface area contributed by atoms with Crippen molar-refractivity contribution in [2.45, 2.75) is 39.5 Å². The molecule has 37 heavy (non-hydrogen) atoms. The topological polar surface area (TPSA) is 80.2 Å². The largest absolute Gasteiger partial charge is 0.457 e. The molecule has 1 atom stereocenters. The van der Waals surface area contributed by atoms with E-state index in [0.717, 1.165) is 58.5 Å². The first kappa shape index (κ1) is 24.9. The highest BCUT2D eigenvalue weighted by Gasteiger charge is 2.25. The zero-order valence-corrected chi connectivity index (χ0v) is 22.0. The molecule has 0 bridgehead atoms. The van der Waals surface area contributed by atoms with Gasteiger partial charge in [-0.15, -0.1) is 11.3 Å². The Morgan fingerprint density at radius 2 is 2.03 bits per heavy atom. The maximum absolute atomic E-state index is 13.3. The van der Waals surface area contributed by atoms with Gasteiger partial charge in [0, 0.05) is 29.6 Å². The van der Waals surface area contributed by atoms with Crippen molar-refractivity contribution in [2.75, 3.05) is 23.3 Å². The van der Waals surface area contributed by atoms with E-state index < -0.39 is 0 Å². The van der Waals surface area contributed by atoms with Crippen molar-refractivity contribution >= 4 is 28.6 Å². The summed E-state index contributed by atoms with van der Waals surface area (Å²) in [6, 6.07) is 15.5. The predicted molar refractivity (Wildman–Crippen MR) is 149 cm³/mol. The lowest BCUT2D eigenvalue weighted by molar-refractivity contribution is 0.102. The fourth-order valence-electron chi connectivity index (χ4n) is 4.94. The second-order valence-corrected chi connectivity index (χ2v) is 10.2. The highest BCUT2D eigenvalue weighted by Crippen LogP contribution is 2.40. The van der Waals surface area contributed by atoms with Gasteiger partial charge in [-0.25, -0.2) is 4.98 Å². The van der Waals surface area contributed by atoms with Gasteiger partial charge in [0.05, 0.1) is 23.8 Å². The van der Waals surface area contributed by atoms with Gasteiger partial charge in [-0.2, -0.15) is 10.2 Å². The minimum atomic E-state index is -0.232. The van der Waals surface area contributed by atoms with E-state index in [1.165, 1.54) is 30.6 Å². The van der Waals surface area contributed by atoms with E-state index in [0.29, 0.717) is 11.6 Å².